The van der Waals surface area contributed by atoms with Crippen molar-refractivity contribution in [2.45, 2.75) is 36.8 Å². The van der Waals surface area contributed by atoms with E-state index in [0.29, 0.717) is 19.3 Å². The van der Waals surface area contributed by atoms with Crippen LogP contribution in [0.1, 0.15) is 25.7 Å². The highest BCUT2D eigenvalue weighted by molar-refractivity contribution is 5.21. The first-order valence-electron chi connectivity index (χ1n) is 4.80. The normalized spacial score (nSPS) is 52.9. The van der Waals surface area contributed by atoms with E-state index < -0.39 is 11.1 Å². The SMILES string of the molecule is O=[N+]([O-])[C@@]12C[C@H]3C[C@@H]1C[C@@]3([N+](=O)[O-])C2. The molecule has 0 heterocycles. The molecule has 0 aromatic rings. The Bertz CT molecular complexity index is 325. The average molecular weight is 198 g/mol. The maximum Gasteiger partial charge on any atom is 0.232 e. The van der Waals surface area contributed by atoms with E-state index in [2.05, 4.69) is 0 Å². The van der Waals surface area contributed by atoms with Crippen molar-refractivity contribution in [2.75, 3.05) is 0 Å². The second-order valence-electron chi connectivity index (χ2n) is 4.94. The van der Waals surface area contributed by atoms with Crippen molar-refractivity contribution in [1.29, 1.82) is 0 Å². The summed E-state index contributed by atoms with van der Waals surface area (Å²) in [6.07, 6.45) is 1.74. The predicted molar refractivity (Wildman–Crippen MR) is 44.9 cm³/mol. The number of hydrogen-bond donors (Lipinski definition) is 0. The van der Waals surface area contributed by atoms with E-state index in [0.717, 1.165) is 0 Å². The highest BCUT2D eigenvalue weighted by Gasteiger charge is 2.83. The van der Waals surface area contributed by atoms with Gasteiger partial charge in [0.05, 0.1) is 6.42 Å². The predicted octanol–water partition coefficient (Wildman–Crippen LogP) is 0.851. The van der Waals surface area contributed by atoms with Crippen LogP contribution in [-0.4, -0.2) is 20.9 Å². The van der Waals surface area contributed by atoms with Crippen LogP contribution in [0.2, 0.25) is 0 Å². The summed E-state index contributed by atoms with van der Waals surface area (Å²) in [7, 11) is 0. The topological polar surface area (TPSA) is 86.3 Å². The van der Waals surface area contributed by atoms with Crippen molar-refractivity contribution < 1.29 is 9.85 Å². The second kappa shape index (κ2) is 1.92. The minimum absolute atomic E-state index is 0.0344. The molecule has 4 atom stereocenters. The van der Waals surface area contributed by atoms with Crippen molar-refractivity contribution in [1.82, 2.24) is 0 Å². The van der Waals surface area contributed by atoms with Crippen LogP contribution in [-0.2, 0) is 0 Å². The molecule has 0 radical (unpaired) electrons. The maximum atomic E-state index is 11.0. The van der Waals surface area contributed by atoms with Gasteiger partial charge in [0, 0.05) is 34.5 Å². The van der Waals surface area contributed by atoms with Gasteiger partial charge in [-0.2, -0.15) is 0 Å². The third-order valence-corrected chi connectivity index (χ3v) is 4.63. The Morgan fingerprint density at radius 2 is 1.43 bits per heavy atom. The van der Waals surface area contributed by atoms with Gasteiger partial charge in [0.15, 0.2) is 0 Å². The zero-order valence-electron chi connectivity index (χ0n) is 7.51. The summed E-state index contributed by atoms with van der Waals surface area (Å²) < 4.78 is 0. The summed E-state index contributed by atoms with van der Waals surface area (Å²) in [4.78, 5) is 21.4. The van der Waals surface area contributed by atoms with E-state index in [1.807, 2.05) is 0 Å². The van der Waals surface area contributed by atoms with Crippen molar-refractivity contribution in [3.05, 3.63) is 20.2 Å². The molecular weight excluding hydrogens is 188 g/mol. The molecule has 0 aliphatic heterocycles. The molecule has 6 heteroatoms. The van der Waals surface area contributed by atoms with E-state index in [-0.39, 0.29) is 28.1 Å². The third kappa shape index (κ3) is 0.566. The van der Waals surface area contributed by atoms with Crippen LogP contribution < -0.4 is 0 Å². The number of nitro groups is 2. The molecule has 0 N–H and O–H groups in total. The Morgan fingerprint density at radius 1 is 1.00 bits per heavy atom. The molecule has 4 rings (SSSR count). The first-order valence-corrected chi connectivity index (χ1v) is 4.80. The molecule has 0 saturated heterocycles. The fourth-order valence-corrected chi connectivity index (χ4v) is 4.05. The van der Waals surface area contributed by atoms with E-state index >= 15 is 0 Å². The third-order valence-electron chi connectivity index (χ3n) is 4.63. The highest BCUT2D eigenvalue weighted by Crippen LogP contribution is 2.69. The van der Waals surface area contributed by atoms with Crippen molar-refractivity contribution in [3.8, 4) is 0 Å². The quantitative estimate of drug-likeness (QED) is 0.486. The molecule has 14 heavy (non-hydrogen) atoms. The largest absolute Gasteiger partial charge is 0.264 e. The van der Waals surface area contributed by atoms with Crippen molar-refractivity contribution in [2.24, 2.45) is 11.8 Å². The molecule has 0 unspecified atom stereocenters. The van der Waals surface area contributed by atoms with Crippen LogP contribution in [0, 0.1) is 32.1 Å². The maximum absolute atomic E-state index is 11.0. The first-order chi connectivity index (χ1) is 6.51. The molecule has 0 spiro atoms. The van der Waals surface area contributed by atoms with Gasteiger partial charge in [0.2, 0.25) is 11.1 Å². The van der Waals surface area contributed by atoms with Crippen LogP contribution >= 0.6 is 0 Å². The van der Waals surface area contributed by atoms with Crippen LogP contribution in [0.5, 0.6) is 0 Å². The molecule has 4 fully saturated rings. The average Bonchev–Trinajstić information content (AvgIpc) is 2.69. The van der Waals surface area contributed by atoms with Gasteiger partial charge in [-0.15, -0.1) is 0 Å². The van der Waals surface area contributed by atoms with Gasteiger partial charge in [-0.3, -0.25) is 20.2 Å². The second-order valence-corrected chi connectivity index (χ2v) is 4.94. The lowest BCUT2D eigenvalue weighted by Gasteiger charge is -2.17. The highest BCUT2D eigenvalue weighted by atomic mass is 16.6. The van der Waals surface area contributed by atoms with Gasteiger partial charge < -0.3 is 0 Å². The van der Waals surface area contributed by atoms with E-state index in [4.69, 9.17) is 0 Å². The van der Waals surface area contributed by atoms with Gasteiger partial charge in [-0.25, -0.2) is 0 Å². The molecule has 4 bridgehead atoms. The van der Waals surface area contributed by atoms with Gasteiger partial charge in [-0.1, -0.05) is 0 Å². The van der Waals surface area contributed by atoms with E-state index in [9.17, 15) is 20.2 Å². The Labute approximate surface area is 79.6 Å². The summed E-state index contributed by atoms with van der Waals surface area (Å²) >= 11 is 0. The van der Waals surface area contributed by atoms with Crippen LogP contribution in [0.3, 0.4) is 0 Å². The molecule has 76 valence electrons. The van der Waals surface area contributed by atoms with Crippen LogP contribution in [0.4, 0.5) is 0 Å². The van der Waals surface area contributed by atoms with Crippen LogP contribution in [0.15, 0.2) is 0 Å². The fraction of sp³-hybridized carbons (Fsp3) is 1.00. The van der Waals surface area contributed by atoms with Gasteiger partial charge >= 0.3 is 0 Å². The monoisotopic (exact) mass is 198 g/mol. The molecule has 6 nitrogen and oxygen atoms in total. The molecule has 4 saturated carbocycles. The zero-order valence-corrected chi connectivity index (χ0v) is 7.51. The number of hydrogen-bond acceptors (Lipinski definition) is 4. The molecular formula is C8H10N2O4. The molecule has 4 aliphatic rings. The molecule has 0 amide bonds. The van der Waals surface area contributed by atoms with Gasteiger partial charge in [0.1, 0.15) is 0 Å². The summed E-state index contributed by atoms with van der Waals surface area (Å²) in [6, 6.07) is 0. The smallest absolute Gasteiger partial charge is 0.232 e. The minimum atomic E-state index is -0.933. The lowest BCUT2D eigenvalue weighted by atomic mass is 9.91. The summed E-state index contributed by atoms with van der Waals surface area (Å²) in [5, 5.41) is 21.9. The summed E-state index contributed by atoms with van der Waals surface area (Å²) in [5.74, 6) is -0.0687. The minimum Gasteiger partial charge on any atom is -0.264 e. The number of nitrogens with zero attached hydrogens (tertiary/aromatic N) is 2. The summed E-state index contributed by atoms with van der Waals surface area (Å²) in [6.45, 7) is 0. The summed E-state index contributed by atoms with van der Waals surface area (Å²) in [5.41, 5.74) is -1.87. The van der Waals surface area contributed by atoms with E-state index in [1.54, 1.807) is 0 Å². The van der Waals surface area contributed by atoms with Crippen molar-refractivity contribution in [3.63, 3.8) is 0 Å². The standard InChI is InChI=1S/C8H10N2O4/c11-9(12)7-2-5-1-6(7)3-8(5,4-7)10(13)14/h5-6H,1-4H2/t5-,6-,7-,8-/m1/s1. The lowest BCUT2D eigenvalue weighted by molar-refractivity contribution is -0.588. The fourth-order valence-electron chi connectivity index (χ4n) is 4.05. The molecule has 0 aromatic carbocycles. The number of rotatable bonds is 2. The Kier molecular flexibility index (Phi) is 1.11. The Morgan fingerprint density at radius 3 is 1.64 bits per heavy atom. The van der Waals surface area contributed by atoms with Gasteiger partial charge in [-0.05, 0) is 6.42 Å². The molecule has 4 aliphatic carbocycles. The molecule has 0 aromatic heterocycles. The van der Waals surface area contributed by atoms with E-state index in [1.165, 1.54) is 0 Å². The van der Waals surface area contributed by atoms with Crippen LogP contribution in [0.25, 0.3) is 0 Å². The zero-order chi connectivity index (χ0) is 10.1. The Hall–Kier alpha value is -1.20. The first kappa shape index (κ1) is 8.14. The van der Waals surface area contributed by atoms with Gasteiger partial charge in [0.25, 0.3) is 0 Å². The Balaban J connectivity index is 2.08. The van der Waals surface area contributed by atoms with Crippen molar-refractivity contribution >= 4 is 0 Å². The lowest BCUT2D eigenvalue weighted by Crippen LogP contribution is -2.39.